The average Bonchev–Trinajstić information content (AvgIpc) is 2.28. The molecular formula is C13H15ClO2. The highest BCUT2D eigenvalue weighted by Crippen LogP contribution is 2.37. The van der Waals surface area contributed by atoms with E-state index in [4.69, 9.17) is 27.5 Å². The Kier molecular flexibility index (Phi) is 4.52. The van der Waals surface area contributed by atoms with Crippen molar-refractivity contribution in [2.75, 3.05) is 14.2 Å². The van der Waals surface area contributed by atoms with Gasteiger partial charge in [0.25, 0.3) is 0 Å². The van der Waals surface area contributed by atoms with Gasteiger partial charge >= 0.3 is 0 Å². The number of rotatable bonds is 4. The Hall–Kier alpha value is -1.33. The number of benzene rings is 1. The predicted octanol–water partition coefficient (Wildman–Crippen LogP) is 3.48. The van der Waals surface area contributed by atoms with E-state index >= 15 is 0 Å². The lowest BCUT2D eigenvalue weighted by Gasteiger charge is -2.15. The van der Waals surface area contributed by atoms with Crippen molar-refractivity contribution in [2.24, 2.45) is 0 Å². The lowest BCUT2D eigenvalue weighted by atomic mass is 9.97. The van der Waals surface area contributed by atoms with Crippen LogP contribution in [0.4, 0.5) is 0 Å². The molecule has 0 radical (unpaired) electrons. The molecule has 0 bridgehead atoms. The van der Waals surface area contributed by atoms with Gasteiger partial charge in [0.2, 0.25) is 0 Å². The highest BCUT2D eigenvalue weighted by Gasteiger charge is 2.14. The van der Waals surface area contributed by atoms with E-state index in [2.05, 4.69) is 5.92 Å². The number of terminal acetylenes is 1. The molecule has 1 aromatic rings. The summed E-state index contributed by atoms with van der Waals surface area (Å²) in [6, 6.07) is 3.63. The third kappa shape index (κ3) is 2.62. The van der Waals surface area contributed by atoms with E-state index < -0.39 is 0 Å². The van der Waals surface area contributed by atoms with Crippen LogP contribution in [0.15, 0.2) is 12.1 Å². The van der Waals surface area contributed by atoms with Gasteiger partial charge in [0.15, 0.2) is 0 Å². The quantitative estimate of drug-likeness (QED) is 0.748. The van der Waals surface area contributed by atoms with E-state index in [1.165, 1.54) is 0 Å². The first kappa shape index (κ1) is 12.7. The fourth-order valence-electron chi connectivity index (χ4n) is 1.56. The van der Waals surface area contributed by atoms with E-state index in [0.29, 0.717) is 17.2 Å². The Morgan fingerprint density at radius 2 is 1.94 bits per heavy atom. The number of halogens is 1. The van der Waals surface area contributed by atoms with Gasteiger partial charge < -0.3 is 9.47 Å². The van der Waals surface area contributed by atoms with Crippen LogP contribution in [0.25, 0.3) is 0 Å². The monoisotopic (exact) mass is 238 g/mol. The number of hydrogen-bond acceptors (Lipinski definition) is 2. The molecule has 0 saturated carbocycles. The van der Waals surface area contributed by atoms with E-state index in [1.54, 1.807) is 20.3 Å². The zero-order chi connectivity index (χ0) is 12.1. The highest BCUT2D eigenvalue weighted by molar-refractivity contribution is 6.32. The van der Waals surface area contributed by atoms with Crippen molar-refractivity contribution < 1.29 is 9.47 Å². The largest absolute Gasteiger partial charge is 0.496 e. The van der Waals surface area contributed by atoms with Crippen LogP contribution in [-0.4, -0.2) is 14.2 Å². The lowest BCUT2D eigenvalue weighted by Crippen LogP contribution is -1.98. The molecule has 0 heterocycles. The molecule has 1 aromatic carbocycles. The first-order valence-electron chi connectivity index (χ1n) is 4.98. The summed E-state index contributed by atoms with van der Waals surface area (Å²) in [6.45, 7) is 2.05. The molecule has 2 nitrogen and oxygen atoms in total. The van der Waals surface area contributed by atoms with Crippen molar-refractivity contribution in [2.45, 2.75) is 19.3 Å². The Balaban J connectivity index is 3.20. The summed E-state index contributed by atoms with van der Waals surface area (Å²) in [5, 5.41) is 0.538. The summed E-state index contributed by atoms with van der Waals surface area (Å²) < 4.78 is 10.5. The Morgan fingerprint density at radius 3 is 2.44 bits per heavy atom. The SMILES string of the molecule is C#CCC(C)c1cc(OC)c(Cl)cc1OC. The van der Waals surface area contributed by atoms with Crippen LogP contribution in [0, 0.1) is 12.3 Å². The minimum Gasteiger partial charge on any atom is -0.496 e. The van der Waals surface area contributed by atoms with Gasteiger partial charge in [-0.3, -0.25) is 0 Å². The zero-order valence-corrected chi connectivity index (χ0v) is 10.5. The molecule has 0 aliphatic rings. The van der Waals surface area contributed by atoms with Crippen molar-refractivity contribution >= 4 is 11.6 Å². The van der Waals surface area contributed by atoms with Gasteiger partial charge in [0, 0.05) is 18.1 Å². The van der Waals surface area contributed by atoms with Crippen LogP contribution in [-0.2, 0) is 0 Å². The summed E-state index contributed by atoms with van der Waals surface area (Å²) >= 11 is 6.02. The van der Waals surface area contributed by atoms with Gasteiger partial charge in [0.05, 0.1) is 19.2 Å². The smallest absolute Gasteiger partial charge is 0.138 e. The number of methoxy groups -OCH3 is 2. The minimum atomic E-state index is 0.214. The fourth-order valence-corrected chi connectivity index (χ4v) is 1.79. The highest BCUT2D eigenvalue weighted by atomic mass is 35.5. The zero-order valence-electron chi connectivity index (χ0n) is 9.71. The van der Waals surface area contributed by atoms with Crippen LogP contribution >= 0.6 is 11.6 Å². The predicted molar refractivity (Wildman–Crippen MR) is 66.4 cm³/mol. The van der Waals surface area contributed by atoms with E-state index in [0.717, 1.165) is 11.3 Å². The first-order valence-corrected chi connectivity index (χ1v) is 5.36. The molecule has 16 heavy (non-hydrogen) atoms. The van der Waals surface area contributed by atoms with Crippen LogP contribution in [0.5, 0.6) is 11.5 Å². The summed E-state index contributed by atoms with van der Waals surface area (Å²) in [7, 11) is 3.20. The van der Waals surface area contributed by atoms with E-state index in [-0.39, 0.29) is 5.92 Å². The van der Waals surface area contributed by atoms with Crippen molar-refractivity contribution in [3.8, 4) is 23.8 Å². The molecule has 0 N–H and O–H groups in total. The molecule has 1 rings (SSSR count). The van der Waals surface area contributed by atoms with Crippen LogP contribution in [0.3, 0.4) is 0 Å². The third-order valence-electron chi connectivity index (χ3n) is 2.46. The van der Waals surface area contributed by atoms with Crippen molar-refractivity contribution in [1.29, 1.82) is 0 Å². The molecular weight excluding hydrogens is 224 g/mol. The molecule has 0 amide bonds. The summed E-state index contributed by atoms with van der Waals surface area (Å²) in [5.74, 6) is 4.24. The van der Waals surface area contributed by atoms with E-state index in [1.807, 2.05) is 13.0 Å². The third-order valence-corrected chi connectivity index (χ3v) is 2.75. The fraction of sp³-hybridized carbons (Fsp3) is 0.385. The molecule has 3 heteroatoms. The first-order chi connectivity index (χ1) is 7.63. The Labute approximate surface area is 102 Å². The van der Waals surface area contributed by atoms with Gasteiger partial charge in [-0.05, 0) is 12.0 Å². The summed E-state index contributed by atoms with van der Waals surface area (Å²) in [5.41, 5.74) is 1.02. The molecule has 0 aliphatic carbocycles. The molecule has 1 unspecified atom stereocenters. The van der Waals surface area contributed by atoms with Gasteiger partial charge in [-0.1, -0.05) is 18.5 Å². The second kappa shape index (κ2) is 5.67. The van der Waals surface area contributed by atoms with Crippen LogP contribution in [0.1, 0.15) is 24.8 Å². The summed E-state index contributed by atoms with van der Waals surface area (Å²) in [4.78, 5) is 0. The normalized spacial score (nSPS) is 11.7. The van der Waals surface area contributed by atoms with Crippen LogP contribution in [0.2, 0.25) is 5.02 Å². The molecule has 0 aliphatic heterocycles. The standard InChI is InChI=1S/C13H15ClO2/c1-5-6-9(2)10-7-13(16-4)11(14)8-12(10)15-3/h1,7-9H,6H2,2-4H3. The van der Waals surface area contributed by atoms with Gasteiger partial charge in [-0.15, -0.1) is 12.3 Å². The Morgan fingerprint density at radius 1 is 1.31 bits per heavy atom. The Bertz CT molecular complexity index is 407. The van der Waals surface area contributed by atoms with Gasteiger partial charge in [-0.25, -0.2) is 0 Å². The van der Waals surface area contributed by atoms with Crippen molar-refractivity contribution in [1.82, 2.24) is 0 Å². The average molecular weight is 239 g/mol. The van der Waals surface area contributed by atoms with Crippen LogP contribution < -0.4 is 9.47 Å². The summed E-state index contributed by atoms with van der Waals surface area (Å²) in [6.07, 6.45) is 5.96. The molecule has 0 fully saturated rings. The molecule has 86 valence electrons. The number of hydrogen-bond donors (Lipinski definition) is 0. The van der Waals surface area contributed by atoms with Crippen molar-refractivity contribution in [3.63, 3.8) is 0 Å². The molecule has 1 atom stereocenters. The molecule has 0 saturated heterocycles. The lowest BCUT2D eigenvalue weighted by molar-refractivity contribution is 0.396. The number of ether oxygens (including phenoxy) is 2. The van der Waals surface area contributed by atoms with Gasteiger partial charge in [0.1, 0.15) is 11.5 Å². The molecule has 0 aromatic heterocycles. The van der Waals surface area contributed by atoms with Gasteiger partial charge in [-0.2, -0.15) is 0 Å². The molecule has 0 spiro atoms. The topological polar surface area (TPSA) is 18.5 Å². The second-order valence-electron chi connectivity index (χ2n) is 3.54. The maximum absolute atomic E-state index is 6.02. The van der Waals surface area contributed by atoms with Crippen molar-refractivity contribution in [3.05, 3.63) is 22.7 Å². The maximum Gasteiger partial charge on any atom is 0.138 e. The second-order valence-corrected chi connectivity index (χ2v) is 3.95. The maximum atomic E-state index is 6.02. The van der Waals surface area contributed by atoms with E-state index in [9.17, 15) is 0 Å². The minimum absolute atomic E-state index is 0.214.